The molecule has 6 nitrogen and oxygen atoms in total. The van der Waals surface area contributed by atoms with Gasteiger partial charge >= 0.3 is 5.97 Å². The Hall–Kier alpha value is -4.16. The Labute approximate surface area is 195 Å². The molecule has 3 aromatic carbocycles. The van der Waals surface area contributed by atoms with Crippen molar-refractivity contribution in [1.29, 1.82) is 0 Å². The van der Waals surface area contributed by atoms with Gasteiger partial charge in [0.05, 0.1) is 11.4 Å². The molecular formula is C26H18ClN3O3. The van der Waals surface area contributed by atoms with Crippen molar-refractivity contribution in [2.45, 2.75) is 6.92 Å². The predicted molar refractivity (Wildman–Crippen MR) is 127 cm³/mol. The van der Waals surface area contributed by atoms with E-state index in [1.54, 1.807) is 35.0 Å². The van der Waals surface area contributed by atoms with Crippen LogP contribution in [0, 0.1) is 6.92 Å². The van der Waals surface area contributed by atoms with Crippen molar-refractivity contribution in [1.82, 2.24) is 9.78 Å². The van der Waals surface area contributed by atoms with Gasteiger partial charge < -0.3 is 9.47 Å². The number of carbonyl (C=O) groups excluding carboxylic acids is 1. The topological polar surface area (TPSA) is 65.7 Å². The molecule has 0 fully saturated rings. The first-order valence-electron chi connectivity index (χ1n) is 10.2. The highest BCUT2D eigenvalue weighted by atomic mass is 35.5. The van der Waals surface area contributed by atoms with Gasteiger partial charge in [0, 0.05) is 11.1 Å². The third kappa shape index (κ3) is 4.29. The first-order chi connectivity index (χ1) is 16.1. The van der Waals surface area contributed by atoms with E-state index in [-0.39, 0.29) is 11.6 Å². The van der Waals surface area contributed by atoms with Crippen LogP contribution < -0.4 is 4.74 Å². The largest absolute Gasteiger partial charge is 0.457 e. The number of halogens is 1. The lowest BCUT2D eigenvalue weighted by Crippen LogP contribution is -2.05. The molecule has 5 rings (SSSR count). The first-order valence-corrected chi connectivity index (χ1v) is 10.6. The number of aliphatic imine (C=N–C) groups is 1. The van der Waals surface area contributed by atoms with Gasteiger partial charge in [-0.1, -0.05) is 48.0 Å². The fourth-order valence-electron chi connectivity index (χ4n) is 3.37. The summed E-state index contributed by atoms with van der Waals surface area (Å²) in [5, 5.41) is 4.89. The van der Waals surface area contributed by atoms with Crippen LogP contribution in [0.3, 0.4) is 0 Å². The van der Waals surface area contributed by atoms with E-state index >= 15 is 0 Å². The van der Waals surface area contributed by atoms with Crippen LogP contribution in [-0.2, 0) is 9.53 Å². The minimum absolute atomic E-state index is 0.159. The highest BCUT2D eigenvalue weighted by Gasteiger charge is 2.25. The lowest BCUT2D eigenvalue weighted by atomic mass is 10.2. The number of aryl methyl sites for hydroxylation is 1. The Balaban J connectivity index is 1.40. The van der Waals surface area contributed by atoms with Crippen LogP contribution in [0.5, 0.6) is 11.5 Å². The molecule has 7 heteroatoms. The molecule has 33 heavy (non-hydrogen) atoms. The van der Waals surface area contributed by atoms with Gasteiger partial charge in [-0.2, -0.15) is 5.10 Å². The number of para-hydroxylation sites is 2. The predicted octanol–water partition coefficient (Wildman–Crippen LogP) is 5.97. The van der Waals surface area contributed by atoms with Gasteiger partial charge in [0.25, 0.3) is 0 Å². The number of nitrogens with zero attached hydrogens (tertiary/aromatic N) is 3. The molecular weight excluding hydrogens is 438 g/mol. The molecule has 1 aliphatic heterocycles. The summed E-state index contributed by atoms with van der Waals surface area (Å²) >= 11 is 6.57. The Morgan fingerprint density at radius 1 is 0.909 bits per heavy atom. The van der Waals surface area contributed by atoms with Crippen molar-refractivity contribution in [3.8, 4) is 17.2 Å². The molecule has 1 aliphatic rings. The lowest BCUT2D eigenvalue weighted by Gasteiger charge is -2.06. The number of ether oxygens (including phenoxy) is 2. The molecule has 4 aromatic rings. The van der Waals surface area contributed by atoms with Gasteiger partial charge in [0.1, 0.15) is 16.7 Å². The van der Waals surface area contributed by atoms with Crippen LogP contribution in [0.1, 0.15) is 16.8 Å². The molecule has 162 valence electrons. The summed E-state index contributed by atoms with van der Waals surface area (Å²) in [6.07, 6.45) is 1.60. The number of benzene rings is 3. The minimum atomic E-state index is -0.544. The van der Waals surface area contributed by atoms with Crippen molar-refractivity contribution in [3.63, 3.8) is 0 Å². The SMILES string of the molecule is Cc1nn(-c2ccccc2)c(Cl)c1C=C1N=C(c2ccc(Oc3ccccc3)cc2)OC1=O. The Kier molecular flexibility index (Phi) is 5.50. The number of hydrogen-bond acceptors (Lipinski definition) is 5. The van der Waals surface area contributed by atoms with Gasteiger partial charge in [0.15, 0.2) is 5.70 Å². The van der Waals surface area contributed by atoms with Crippen LogP contribution in [-0.4, -0.2) is 21.6 Å². The van der Waals surface area contributed by atoms with Gasteiger partial charge in [-0.3, -0.25) is 0 Å². The number of hydrogen-bond donors (Lipinski definition) is 0. The van der Waals surface area contributed by atoms with Crippen LogP contribution >= 0.6 is 11.6 Å². The number of rotatable bonds is 5. The molecule has 0 saturated carbocycles. The van der Waals surface area contributed by atoms with Gasteiger partial charge in [-0.15, -0.1) is 0 Å². The molecule has 0 amide bonds. The maximum absolute atomic E-state index is 12.5. The second-order valence-corrected chi connectivity index (χ2v) is 7.67. The standard InChI is InChI=1S/C26H18ClN3O3/c1-17-22(24(27)30(29-17)19-8-4-2-5-9-19)16-23-26(31)33-25(28-23)18-12-14-21(15-13-18)32-20-10-6-3-7-11-20/h2-16H,1H3. The maximum atomic E-state index is 12.5. The van der Waals surface area contributed by atoms with E-state index in [1.165, 1.54) is 0 Å². The highest BCUT2D eigenvalue weighted by Crippen LogP contribution is 2.28. The monoisotopic (exact) mass is 455 g/mol. The second-order valence-electron chi connectivity index (χ2n) is 7.31. The van der Waals surface area contributed by atoms with Crippen LogP contribution in [0.15, 0.2) is 95.6 Å². The van der Waals surface area contributed by atoms with Crippen LogP contribution in [0.4, 0.5) is 0 Å². The molecule has 0 bridgehead atoms. The van der Waals surface area contributed by atoms with E-state index in [1.807, 2.05) is 67.6 Å². The molecule has 0 unspecified atom stereocenters. The van der Waals surface area contributed by atoms with E-state index < -0.39 is 5.97 Å². The number of cyclic esters (lactones) is 1. The zero-order chi connectivity index (χ0) is 22.8. The molecule has 2 heterocycles. The number of carbonyl (C=O) groups is 1. The summed E-state index contributed by atoms with van der Waals surface area (Å²) in [4.78, 5) is 16.9. The summed E-state index contributed by atoms with van der Waals surface area (Å²) in [6.45, 7) is 1.83. The van der Waals surface area contributed by atoms with Crippen molar-refractivity contribution < 1.29 is 14.3 Å². The van der Waals surface area contributed by atoms with Gasteiger partial charge in [0.2, 0.25) is 5.90 Å². The molecule has 0 radical (unpaired) electrons. The molecule has 0 spiro atoms. The summed E-state index contributed by atoms with van der Waals surface area (Å²) in [7, 11) is 0. The van der Waals surface area contributed by atoms with Gasteiger partial charge in [-0.25, -0.2) is 14.5 Å². The number of aromatic nitrogens is 2. The fourth-order valence-corrected chi connectivity index (χ4v) is 3.70. The Morgan fingerprint density at radius 3 is 2.24 bits per heavy atom. The van der Waals surface area contributed by atoms with Crippen LogP contribution in [0.25, 0.3) is 11.8 Å². The van der Waals surface area contributed by atoms with Crippen molar-refractivity contribution >= 4 is 29.5 Å². The quantitative estimate of drug-likeness (QED) is 0.274. The molecule has 1 aromatic heterocycles. The van der Waals surface area contributed by atoms with Crippen molar-refractivity contribution in [2.75, 3.05) is 0 Å². The zero-order valence-corrected chi connectivity index (χ0v) is 18.4. The minimum Gasteiger partial charge on any atom is -0.457 e. The van der Waals surface area contributed by atoms with Gasteiger partial charge in [-0.05, 0) is 61.5 Å². The van der Waals surface area contributed by atoms with E-state index in [4.69, 9.17) is 21.1 Å². The number of esters is 1. The summed E-state index contributed by atoms with van der Waals surface area (Å²) in [5.74, 6) is 1.09. The fraction of sp³-hybridized carbons (Fsp3) is 0.0385. The highest BCUT2D eigenvalue weighted by molar-refractivity contribution is 6.31. The average Bonchev–Trinajstić information content (AvgIpc) is 3.35. The summed E-state index contributed by atoms with van der Waals surface area (Å²) in [5.41, 5.74) is 2.94. The molecule has 0 N–H and O–H groups in total. The Bertz CT molecular complexity index is 1380. The first kappa shape index (κ1) is 20.7. The molecule has 0 atom stereocenters. The van der Waals surface area contributed by atoms with E-state index in [9.17, 15) is 4.79 Å². The lowest BCUT2D eigenvalue weighted by molar-refractivity contribution is -0.129. The van der Waals surface area contributed by atoms with Crippen molar-refractivity contribution in [3.05, 3.63) is 113 Å². The smallest absolute Gasteiger partial charge is 0.363 e. The van der Waals surface area contributed by atoms with E-state index in [0.29, 0.717) is 27.7 Å². The third-order valence-electron chi connectivity index (χ3n) is 5.03. The molecule has 0 aliphatic carbocycles. The molecule has 0 saturated heterocycles. The third-order valence-corrected chi connectivity index (χ3v) is 5.39. The average molecular weight is 456 g/mol. The van der Waals surface area contributed by atoms with Crippen LogP contribution in [0.2, 0.25) is 5.15 Å². The maximum Gasteiger partial charge on any atom is 0.363 e. The Morgan fingerprint density at radius 2 is 1.55 bits per heavy atom. The van der Waals surface area contributed by atoms with Crippen molar-refractivity contribution in [2.24, 2.45) is 4.99 Å². The summed E-state index contributed by atoms with van der Waals surface area (Å²) < 4.78 is 12.8. The summed E-state index contributed by atoms with van der Waals surface area (Å²) in [6, 6.07) is 26.2. The second kappa shape index (κ2) is 8.76. The van der Waals surface area contributed by atoms with E-state index in [0.717, 1.165) is 11.4 Å². The normalized spacial score (nSPS) is 14.3. The zero-order valence-electron chi connectivity index (χ0n) is 17.6. The van der Waals surface area contributed by atoms with E-state index in [2.05, 4.69) is 10.1 Å².